The average molecular weight is 349 g/mol. The standard InChI is InChI=1S/C21H23N3O2/c1-4-14(2)15-9-7-8-12-18(15)22-20(25)13-19-16-10-5-6-11-17(16)21(26)24(3)23-19/h5-12,14H,4,13H2,1-3H3,(H,22,25)/t14-/m1/s1. The molecule has 26 heavy (non-hydrogen) atoms. The van der Waals surface area contributed by atoms with Gasteiger partial charge in [-0.15, -0.1) is 0 Å². The van der Waals surface area contributed by atoms with E-state index in [1.807, 2.05) is 42.5 Å². The summed E-state index contributed by atoms with van der Waals surface area (Å²) in [5, 5.41) is 8.61. The summed E-state index contributed by atoms with van der Waals surface area (Å²) in [5.41, 5.74) is 2.40. The maximum atomic E-state index is 12.6. The number of fused-ring (bicyclic) bond motifs is 1. The van der Waals surface area contributed by atoms with E-state index in [2.05, 4.69) is 24.3 Å². The van der Waals surface area contributed by atoms with Gasteiger partial charge >= 0.3 is 0 Å². The van der Waals surface area contributed by atoms with Gasteiger partial charge in [0.15, 0.2) is 0 Å². The van der Waals surface area contributed by atoms with Crippen molar-refractivity contribution in [2.75, 3.05) is 5.32 Å². The third kappa shape index (κ3) is 3.52. The molecule has 0 saturated heterocycles. The van der Waals surface area contributed by atoms with Crippen LogP contribution in [0.15, 0.2) is 53.3 Å². The Morgan fingerprint density at radius 2 is 1.77 bits per heavy atom. The molecule has 1 N–H and O–H groups in total. The third-order valence-electron chi connectivity index (χ3n) is 4.74. The predicted molar refractivity (Wildman–Crippen MR) is 104 cm³/mol. The van der Waals surface area contributed by atoms with Crippen LogP contribution in [-0.2, 0) is 18.3 Å². The highest BCUT2D eigenvalue weighted by atomic mass is 16.1. The molecule has 1 atom stereocenters. The summed E-state index contributed by atoms with van der Waals surface area (Å²) in [5.74, 6) is 0.222. The first kappa shape index (κ1) is 17.9. The van der Waals surface area contributed by atoms with E-state index in [9.17, 15) is 9.59 Å². The number of anilines is 1. The molecule has 0 bridgehead atoms. The fraction of sp³-hybridized carbons (Fsp3) is 0.286. The van der Waals surface area contributed by atoms with Gasteiger partial charge in [-0.3, -0.25) is 9.59 Å². The zero-order valence-corrected chi connectivity index (χ0v) is 15.3. The van der Waals surface area contributed by atoms with Crippen LogP contribution in [0.5, 0.6) is 0 Å². The van der Waals surface area contributed by atoms with Crippen LogP contribution in [0.4, 0.5) is 5.69 Å². The number of carbonyl (C=O) groups excluding carboxylic acids is 1. The van der Waals surface area contributed by atoms with Crippen molar-refractivity contribution < 1.29 is 4.79 Å². The molecule has 0 fully saturated rings. The van der Waals surface area contributed by atoms with Crippen LogP contribution < -0.4 is 10.9 Å². The summed E-state index contributed by atoms with van der Waals surface area (Å²) in [7, 11) is 1.61. The van der Waals surface area contributed by atoms with Gasteiger partial charge in [-0.1, -0.05) is 50.2 Å². The van der Waals surface area contributed by atoms with E-state index in [1.165, 1.54) is 4.68 Å². The Balaban J connectivity index is 1.90. The number of hydrogen-bond donors (Lipinski definition) is 1. The van der Waals surface area contributed by atoms with Crippen LogP contribution in [0.1, 0.15) is 37.4 Å². The number of hydrogen-bond acceptors (Lipinski definition) is 3. The molecule has 1 aromatic heterocycles. The predicted octanol–water partition coefficient (Wildman–Crippen LogP) is 3.63. The minimum atomic E-state index is -0.160. The van der Waals surface area contributed by atoms with Gasteiger partial charge in [-0.2, -0.15) is 5.10 Å². The Morgan fingerprint density at radius 3 is 2.50 bits per heavy atom. The van der Waals surface area contributed by atoms with Crippen LogP contribution in [0, 0.1) is 0 Å². The van der Waals surface area contributed by atoms with E-state index in [-0.39, 0.29) is 17.9 Å². The summed E-state index contributed by atoms with van der Waals surface area (Å²) in [6, 6.07) is 15.1. The Hall–Kier alpha value is -2.95. The van der Waals surface area contributed by atoms with Crippen LogP contribution in [-0.4, -0.2) is 15.7 Å². The maximum absolute atomic E-state index is 12.6. The molecule has 0 aliphatic carbocycles. The topological polar surface area (TPSA) is 64.0 Å². The number of amides is 1. The molecule has 5 nitrogen and oxygen atoms in total. The molecule has 0 aliphatic heterocycles. The first-order valence-electron chi connectivity index (χ1n) is 8.85. The lowest BCUT2D eigenvalue weighted by atomic mass is 9.97. The van der Waals surface area contributed by atoms with Crippen molar-refractivity contribution in [1.29, 1.82) is 0 Å². The molecule has 0 unspecified atom stereocenters. The van der Waals surface area contributed by atoms with Gasteiger partial charge < -0.3 is 5.32 Å². The summed E-state index contributed by atoms with van der Waals surface area (Å²) in [6.45, 7) is 4.27. The van der Waals surface area contributed by atoms with Gasteiger partial charge in [0.05, 0.1) is 17.5 Å². The summed E-state index contributed by atoms with van der Waals surface area (Å²) < 4.78 is 1.29. The number of rotatable bonds is 5. The highest BCUT2D eigenvalue weighted by Crippen LogP contribution is 2.26. The number of aromatic nitrogens is 2. The molecule has 0 aliphatic rings. The molecular weight excluding hydrogens is 326 g/mol. The Bertz CT molecular complexity index is 1010. The smallest absolute Gasteiger partial charge is 0.274 e. The molecule has 134 valence electrons. The molecule has 0 saturated carbocycles. The minimum absolute atomic E-state index is 0.115. The highest BCUT2D eigenvalue weighted by molar-refractivity contribution is 5.95. The van der Waals surface area contributed by atoms with Crippen molar-refractivity contribution in [2.45, 2.75) is 32.6 Å². The second-order valence-electron chi connectivity index (χ2n) is 6.54. The first-order chi connectivity index (χ1) is 12.5. The monoisotopic (exact) mass is 349 g/mol. The number of carbonyl (C=O) groups is 1. The maximum Gasteiger partial charge on any atom is 0.274 e. The SMILES string of the molecule is CC[C@@H](C)c1ccccc1NC(=O)Cc1nn(C)c(=O)c2ccccc12. The van der Waals surface area contributed by atoms with Crippen molar-refractivity contribution in [3.05, 3.63) is 70.1 Å². The Kier molecular flexibility index (Phi) is 5.16. The molecular formula is C21H23N3O2. The number of benzene rings is 2. The quantitative estimate of drug-likeness (QED) is 0.765. The van der Waals surface area contributed by atoms with Crippen molar-refractivity contribution in [3.8, 4) is 0 Å². The molecule has 1 heterocycles. The average Bonchev–Trinajstić information content (AvgIpc) is 2.65. The molecule has 3 rings (SSSR count). The van der Waals surface area contributed by atoms with E-state index in [4.69, 9.17) is 0 Å². The number of nitrogens with one attached hydrogen (secondary N) is 1. The van der Waals surface area contributed by atoms with Gasteiger partial charge in [0.1, 0.15) is 0 Å². The largest absolute Gasteiger partial charge is 0.325 e. The van der Waals surface area contributed by atoms with Gasteiger partial charge in [0.2, 0.25) is 5.91 Å². The fourth-order valence-corrected chi connectivity index (χ4v) is 3.11. The first-order valence-corrected chi connectivity index (χ1v) is 8.85. The highest BCUT2D eigenvalue weighted by Gasteiger charge is 2.15. The lowest BCUT2D eigenvalue weighted by Gasteiger charge is -2.16. The number of aryl methyl sites for hydroxylation is 1. The minimum Gasteiger partial charge on any atom is -0.325 e. The fourth-order valence-electron chi connectivity index (χ4n) is 3.11. The summed E-state index contributed by atoms with van der Waals surface area (Å²) >= 11 is 0. The van der Waals surface area contributed by atoms with Gasteiger partial charge in [0, 0.05) is 18.1 Å². The normalized spacial score (nSPS) is 12.1. The Morgan fingerprint density at radius 1 is 1.12 bits per heavy atom. The molecule has 2 aromatic carbocycles. The van der Waals surface area contributed by atoms with Gasteiger partial charge in [-0.05, 0) is 30.0 Å². The second-order valence-corrected chi connectivity index (χ2v) is 6.54. The van der Waals surface area contributed by atoms with E-state index >= 15 is 0 Å². The second kappa shape index (κ2) is 7.52. The van der Waals surface area contributed by atoms with E-state index in [1.54, 1.807) is 13.1 Å². The number of para-hydroxylation sites is 1. The molecule has 0 radical (unpaired) electrons. The van der Waals surface area contributed by atoms with Crippen LogP contribution >= 0.6 is 0 Å². The van der Waals surface area contributed by atoms with Crippen molar-refractivity contribution in [2.24, 2.45) is 7.05 Å². The molecule has 3 aromatic rings. The van der Waals surface area contributed by atoms with Crippen molar-refractivity contribution >= 4 is 22.4 Å². The van der Waals surface area contributed by atoms with Crippen molar-refractivity contribution in [1.82, 2.24) is 9.78 Å². The number of nitrogens with zero attached hydrogens (tertiary/aromatic N) is 2. The van der Waals surface area contributed by atoms with Gasteiger partial charge in [0.25, 0.3) is 5.56 Å². The third-order valence-corrected chi connectivity index (χ3v) is 4.74. The Labute approximate surface area is 152 Å². The molecule has 1 amide bonds. The van der Waals surface area contributed by atoms with Crippen LogP contribution in [0.25, 0.3) is 10.8 Å². The molecule has 5 heteroatoms. The van der Waals surface area contributed by atoms with E-state index < -0.39 is 0 Å². The van der Waals surface area contributed by atoms with Crippen molar-refractivity contribution in [3.63, 3.8) is 0 Å². The summed E-state index contributed by atoms with van der Waals surface area (Å²) in [4.78, 5) is 24.9. The summed E-state index contributed by atoms with van der Waals surface area (Å²) in [6.07, 6.45) is 1.11. The van der Waals surface area contributed by atoms with E-state index in [0.717, 1.165) is 23.1 Å². The van der Waals surface area contributed by atoms with Gasteiger partial charge in [-0.25, -0.2) is 4.68 Å². The lowest BCUT2D eigenvalue weighted by molar-refractivity contribution is -0.115. The van der Waals surface area contributed by atoms with E-state index in [0.29, 0.717) is 17.0 Å². The zero-order valence-electron chi connectivity index (χ0n) is 15.3. The zero-order chi connectivity index (χ0) is 18.7. The van der Waals surface area contributed by atoms with Crippen LogP contribution in [0.3, 0.4) is 0 Å². The molecule has 0 spiro atoms. The van der Waals surface area contributed by atoms with Crippen LogP contribution in [0.2, 0.25) is 0 Å². The lowest BCUT2D eigenvalue weighted by Crippen LogP contribution is -2.24.